The van der Waals surface area contributed by atoms with Gasteiger partial charge in [0.25, 0.3) is 0 Å². The number of nitrogens with zero attached hydrogens (tertiary/aromatic N) is 1. The molecule has 9 heteroatoms. The SMILES string of the molecule is CCCCCCN(C(=O)C(Cc1ccccc1)NC(=O)OC(C)(C)C)C(C(=O)NC(Cc1ccccc1)C(=O)OC(C)(C)C)c1cccc(C)c1C. The van der Waals surface area contributed by atoms with Crippen LogP contribution in [0.4, 0.5) is 4.79 Å². The first kappa shape index (κ1) is 41.8. The predicted molar refractivity (Wildman–Crippen MR) is 206 cm³/mol. The van der Waals surface area contributed by atoms with Gasteiger partial charge in [0.05, 0.1) is 0 Å². The van der Waals surface area contributed by atoms with Crippen molar-refractivity contribution in [3.05, 3.63) is 107 Å². The van der Waals surface area contributed by atoms with E-state index in [2.05, 4.69) is 17.6 Å². The van der Waals surface area contributed by atoms with E-state index in [0.717, 1.165) is 41.5 Å². The summed E-state index contributed by atoms with van der Waals surface area (Å²) in [6, 6.07) is 21.4. The van der Waals surface area contributed by atoms with Crippen LogP contribution in [0.5, 0.6) is 0 Å². The third-order valence-electron chi connectivity index (χ3n) is 8.60. The van der Waals surface area contributed by atoms with E-state index in [4.69, 9.17) is 9.47 Å². The normalized spacial score (nSPS) is 13.3. The largest absolute Gasteiger partial charge is 0.458 e. The maximum atomic E-state index is 15.0. The quantitative estimate of drug-likeness (QED) is 0.115. The van der Waals surface area contributed by atoms with Crippen molar-refractivity contribution < 1.29 is 28.7 Å². The second kappa shape index (κ2) is 19.3. The minimum absolute atomic E-state index is 0.181. The van der Waals surface area contributed by atoms with Gasteiger partial charge in [-0.15, -0.1) is 0 Å². The van der Waals surface area contributed by atoms with Gasteiger partial charge in [-0.1, -0.05) is 105 Å². The van der Waals surface area contributed by atoms with Crippen LogP contribution in [0.3, 0.4) is 0 Å². The number of hydrogen-bond acceptors (Lipinski definition) is 6. The maximum absolute atomic E-state index is 15.0. The number of esters is 1. The first-order valence-corrected chi connectivity index (χ1v) is 18.5. The van der Waals surface area contributed by atoms with Crippen LogP contribution in [0.1, 0.15) is 108 Å². The fourth-order valence-electron chi connectivity index (χ4n) is 5.96. The van der Waals surface area contributed by atoms with E-state index in [-0.39, 0.29) is 19.4 Å². The number of carbonyl (C=O) groups is 4. The van der Waals surface area contributed by atoms with Crippen LogP contribution in [-0.2, 0) is 36.7 Å². The topological polar surface area (TPSA) is 114 Å². The van der Waals surface area contributed by atoms with Crippen molar-refractivity contribution in [1.29, 1.82) is 0 Å². The fourth-order valence-corrected chi connectivity index (χ4v) is 5.96. The van der Waals surface area contributed by atoms with Crippen LogP contribution >= 0.6 is 0 Å². The first-order chi connectivity index (χ1) is 24.5. The zero-order valence-electron chi connectivity index (χ0n) is 32.6. The van der Waals surface area contributed by atoms with Gasteiger partial charge in [0.1, 0.15) is 29.3 Å². The van der Waals surface area contributed by atoms with Gasteiger partial charge < -0.3 is 25.0 Å². The van der Waals surface area contributed by atoms with Gasteiger partial charge in [-0.3, -0.25) is 9.59 Å². The summed E-state index contributed by atoms with van der Waals surface area (Å²) in [5.41, 5.74) is 2.55. The van der Waals surface area contributed by atoms with Crippen LogP contribution in [0, 0.1) is 13.8 Å². The molecule has 0 aliphatic heterocycles. The molecular weight excluding hydrogens is 654 g/mol. The number of benzene rings is 3. The molecule has 52 heavy (non-hydrogen) atoms. The molecule has 3 atom stereocenters. The molecule has 3 aromatic carbocycles. The summed E-state index contributed by atoms with van der Waals surface area (Å²) in [6.07, 6.45) is 3.08. The van der Waals surface area contributed by atoms with E-state index in [9.17, 15) is 14.4 Å². The average molecular weight is 714 g/mol. The lowest BCUT2D eigenvalue weighted by atomic mass is 9.93. The molecule has 0 saturated heterocycles. The van der Waals surface area contributed by atoms with Crippen LogP contribution in [0.15, 0.2) is 78.9 Å². The molecule has 0 heterocycles. The molecule has 9 nitrogen and oxygen atoms in total. The van der Waals surface area contributed by atoms with E-state index < -0.39 is 53.2 Å². The van der Waals surface area contributed by atoms with Crippen molar-refractivity contribution in [3.63, 3.8) is 0 Å². The third-order valence-corrected chi connectivity index (χ3v) is 8.60. The lowest BCUT2D eigenvalue weighted by molar-refractivity contribution is -0.159. The summed E-state index contributed by atoms with van der Waals surface area (Å²) in [4.78, 5) is 58.4. The number of alkyl carbamates (subject to hydrolysis) is 1. The summed E-state index contributed by atoms with van der Waals surface area (Å²) in [5.74, 6) is -1.51. The van der Waals surface area contributed by atoms with E-state index in [0.29, 0.717) is 12.0 Å². The highest BCUT2D eigenvalue weighted by Crippen LogP contribution is 2.29. The number of unbranched alkanes of at least 4 members (excludes halogenated alkanes) is 3. The van der Waals surface area contributed by atoms with Gasteiger partial charge in [0, 0.05) is 19.4 Å². The molecule has 282 valence electrons. The standard InChI is InChI=1S/C43H59N3O6/c1-10-11-12-19-27-46(39(48)35(28-32-22-15-13-16-23-32)45-41(50)52-43(7,8)9)37(34-26-20-21-30(2)31(34)3)38(47)44-36(40(49)51-42(4,5)6)29-33-24-17-14-18-25-33/h13-18,20-26,35-37H,10-12,19,27-29H2,1-9H3,(H,44,47)(H,45,50). The highest BCUT2D eigenvalue weighted by Gasteiger charge is 2.39. The molecule has 0 aromatic heterocycles. The molecule has 2 N–H and O–H groups in total. The Morgan fingerprint density at radius 3 is 1.77 bits per heavy atom. The zero-order chi connectivity index (χ0) is 38.5. The number of nitrogens with one attached hydrogen (secondary N) is 2. The minimum Gasteiger partial charge on any atom is -0.458 e. The Hall–Kier alpha value is -4.66. The lowest BCUT2D eigenvalue weighted by Gasteiger charge is -2.36. The van der Waals surface area contributed by atoms with Crippen molar-refractivity contribution in [3.8, 4) is 0 Å². The van der Waals surface area contributed by atoms with Crippen LogP contribution in [-0.4, -0.2) is 58.6 Å². The number of hydrogen-bond donors (Lipinski definition) is 2. The Labute approximate surface area is 310 Å². The van der Waals surface area contributed by atoms with E-state index in [1.165, 1.54) is 0 Å². The summed E-state index contributed by atoms with van der Waals surface area (Å²) < 4.78 is 11.4. The van der Waals surface area contributed by atoms with Crippen LogP contribution in [0.2, 0.25) is 0 Å². The molecule has 0 aliphatic carbocycles. The van der Waals surface area contributed by atoms with Crippen molar-refractivity contribution in [2.24, 2.45) is 0 Å². The molecule has 3 unspecified atom stereocenters. The minimum atomic E-state index is -1.12. The molecule has 0 bridgehead atoms. The smallest absolute Gasteiger partial charge is 0.408 e. The first-order valence-electron chi connectivity index (χ1n) is 18.5. The average Bonchev–Trinajstić information content (AvgIpc) is 3.06. The van der Waals surface area contributed by atoms with Crippen LogP contribution in [0.25, 0.3) is 0 Å². The monoisotopic (exact) mass is 713 g/mol. The highest BCUT2D eigenvalue weighted by atomic mass is 16.6. The van der Waals surface area contributed by atoms with Gasteiger partial charge >= 0.3 is 12.1 Å². The fraction of sp³-hybridized carbons (Fsp3) is 0.488. The van der Waals surface area contributed by atoms with Crippen molar-refractivity contribution in [2.45, 2.75) is 130 Å². The Balaban J connectivity index is 2.16. The molecule has 3 rings (SSSR count). The van der Waals surface area contributed by atoms with Crippen molar-refractivity contribution in [2.75, 3.05) is 6.54 Å². The summed E-state index contributed by atoms with van der Waals surface area (Å²) in [5, 5.41) is 5.85. The summed E-state index contributed by atoms with van der Waals surface area (Å²) in [6.45, 7) is 16.9. The summed E-state index contributed by atoms with van der Waals surface area (Å²) in [7, 11) is 0. The molecule has 0 fully saturated rings. The number of aryl methyl sites for hydroxylation is 1. The Morgan fingerprint density at radius 2 is 1.23 bits per heavy atom. The van der Waals surface area contributed by atoms with E-state index in [1.807, 2.05) is 92.7 Å². The number of rotatable bonds is 16. The summed E-state index contributed by atoms with van der Waals surface area (Å²) >= 11 is 0. The molecule has 0 spiro atoms. The Morgan fingerprint density at radius 1 is 0.673 bits per heavy atom. The third kappa shape index (κ3) is 13.5. The zero-order valence-corrected chi connectivity index (χ0v) is 32.6. The maximum Gasteiger partial charge on any atom is 0.408 e. The second-order valence-electron chi connectivity index (χ2n) is 15.5. The lowest BCUT2D eigenvalue weighted by Crippen LogP contribution is -2.55. The molecular formula is C43H59N3O6. The number of carbonyl (C=O) groups excluding carboxylic acids is 4. The van der Waals surface area contributed by atoms with Crippen LogP contribution < -0.4 is 10.6 Å². The predicted octanol–water partition coefficient (Wildman–Crippen LogP) is 7.96. The number of ether oxygens (including phenoxy) is 2. The van der Waals surface area contributed by atoms with E-state index in [1.54, 1.807) is 46.4 Å². The van der Waals surface area contributed by atoms with Gasteiger partial charge in [-0.25, -0.2) is 9.59 Å². The number of amides is 3. The highest BCUT2D eigenvalue weighted by molar-refractivity contribution is 5.94. The van der Waals surface area contributed by atoms with Gasteiger partial charge in [-0.05, 0) is 89.6 Å². The van der Waals surface area contributed by atoms with Gasteiger partial charge in [-0.2, -0.15) is 0 Å². The van der Waals surface area contributed by atoms with Gasteiger partial charge in [0.2, 0.25) is 11.8 Å². The molecule has 3 amide bonds. The van der Waals surface area contributed by atoms with Gasteiger partial charge in [0.15, 0.2) is 0 Å². The van der Waals surface area contributed by atoms with E-state index >= 15 is 4.79 Å². The molecule has 0 radical (unpaired) electrons. The second-order valence-corrected chi connectivity index (χ2v) is 15.5. The Bertz CT molecular complexity index is 1610. The Kier molecular flexibility index (Phi) is 15.5. The molecule has 3 aromatic rings. The molecule has 0 saturated carbocycles. The van der Waals surface area contributed by atoms with Crippen molar-refractivity contribution in [1.82, 2.24) is 15.5 Å². The molecule has 0 aliphatic rings. The van der Waals surface area contributed by atoms with Crippen molar-refractivity contribution >= 4 is 23.9 Å².